The summed E-state index contributed by atoms with van der Waals surface area (Å²) in [4.78, 5) is 0. The summed E-state index contributed by atoms with van der Waals surface area (Å²) in [5, 5.41) is 14.6. The lowest BCUT2D eigenvalue weighted by atomic mass is 9.66. The Morgan fingerprint density at radius 3 is 2.85 bits per heavy atom. The lowest BCUT2D eigenvalue weighted by Gasteiger charge is -2.49. The van der Waals surface area contributed by atoms with Crippen LogP contribution in [0.1, 0.15) is 56.9 Å². The van der Waals surface area contributed by atoms with E-state index in [2.05, 4.69) is 42.6 Å². The maximum Gasteiger partial charge on any atom is 0.0702 e. The zero-order valence-corrected chi connectivity index (χ0v) is 12.5. The van der Waals surface area contributed by atoms with Crippen LogP contribution in [0, 0.1) is 5.92 Å². The molecule has 2 heteroatoms. The highest BCUT2D eigenvalue weighted by molar-refractivity contribution is 5.19. The summed E-state index contributed by atoms with van der Waals surface area (Å²) in [6.07, 6.45) is 6.76. The van der Waals surface area contributed by atoms with Crippen molar-refractivity contribution in [2.75, 3.05) is 6.54 Å². The Kier molecular flexibility index (Phi) is 4.13. The molecule has 2 nitrogen and oxygen atoms in total. The van der Waals surface area contributed by atoms with Crippen LogP contribution in [0.5, 0.6) is 0 Å². The van der Waals surface area contributed by atoms with Gasteiger partial charge in [-0.15, -0.1) is 0 Å². The predicted molar refractivity (Wildman–Crippen MR) is 82.8 cm³/mol. The molecule has 0 bridgehead atoms. The SMILES string of the molecule is C[C@H](C[C@@H]1NCC[C@@]2(O)CCCC[C@@H]12)c1ccccc1. The molecule has 4 atom stereocenters. The highest BCUT2D eigenvalue weighted by atomic mass is 16.3. The smallest absolute Gasteiger partial charge is 0.0702 e. The molecule has 1 aromatic carbocycles. The Bertz CT molecular complexity index is 428. The zero-order valence-electron chi connectivity index (χ0n) is 12.5. The molecule has 1 saturated heterocycles. The molecule has 0 radical (unpaired) electrons. The van der Waals surface area contributed by atoms with Crippen LogP contribution in [-0.4, -0.2) is 23.3 Å². The van der Waals surface area contributed by atoms with Gasteiger partial charge in [-0.1, -0.05) is 50.1 Å². The summed E-state index contributed by atoms with van der Waals surface area (Å²) in [6, 6.07) is 11.2. The van der Waals surface area contributed by atoms with Crippen LogP contribution in [0.25, 0.3) is 0 Å². The van der Waals surface area contributed by atoms with Gasteiger partial charge in [0.05, 0.1) is 5.60 Å². The van der Waals surface area contributed by atoms with Gasteiger partial charge in [0.25, 0.3) is 0 Å². The maximum atomic E-state index is 10.9. The van der Waals surface area contributed by atoms with Gasteiger partial charge in [-0.05, 0) is 43.7 Å². The third-order valence-corrected chi connectivity index (χ3v) is 5.49. The molecule has 1 saturated carbocycles. The second kappa shape index (κ2) is 5.87. The Balaban J connectivity index is 1.70. The summed E-state index contributed by atoms with van der Waals surface area (Å²) in [7, 11) is 0. The second-order valence-electron chi connectivity index (χ2n) is 6.81. The van der Waals surface area contributed by atoms with Crippen molar-refractivity contribution in [1.29, 1.82) is 0 Å². The second-order valence-corrected chi connectivity index (χ2v) is 6.81. The fraction of sp³-hybridized carbons (Fsp3) is 0.667. The highest BCUT2D eigenvalue weighted by Crippen LogP contribution is 2.42. The van der Waals surface area contributed by atoms with Gasteiger partial charge < -0.3 is 10.4 Å². The maximum absolute atomic E-state index is 10.9. The van der Waals surface area contributed by atoms with Gasteiger partial charge in [-0.25, -0.2) is 0 Å². The zero-order chi connectivity index (χ0) is 14.0. The van der Waals surface area contributed by atoms with E-state index in [0.717, 1.165) is 25.8 Å². The van der Waals surface area contributed by atoms with E-state index in [1.165, 1.54) is 24.8 Å². The summed E-state index contributed by atoms with van der Waals surface area (Å²) in [5.41, 5.74) is 1.03. The third-order valence-electron chi connectivity index (χ3n) is 5.49. The molecule has 2 fully saturated rings. The van der Waals surface area contributed by atoms with Gasteiger partial charge in [-0.2, -0.15) is 0 Å². The van der Waals surface area contributed by atoms with Crippen molar-refractivity contribution in [3.05, 3.63) is 35.9 Å². The molecule has 0 spiro atoms. The quantitative estimate of drug-likeness (QED) is 0.884. The standard InChI is InChI=1S/C18H27NO/c1-14(15-7-3-2-4-8-15)13-17-16-9-5-6-10-18(16,20)11-12-19-17/h2-4,7-8,14,16-17,19-20H,5-6,9-13H2,1H3/t14-,16+,17+,18+/m1/s1. The summed E-state index contributed by atoms with van der Waals surface area (Å²) >= 11 is 0. The first-order valence-corrected chi connectivity index (χ1v) is 8.20. The summed E-state index contributed by atoms with van der Waals surface area (Å²) in [6.45, 7) is 3.28. The Morgan fingerprint density at radius 1 is 1.25 bits per heavy atom. The number of rotatable bonds is 3. The normalized spacial score (nSPS) is 35.3. The lowest BCUT2D eigenvalue weighted by molar-refractivity contribution is -0.0869. The molecule has 1 aliphatic carbocycles. The van der Waals surface area contributed by atoms with Gasteiger partial charge in [0.15, 0.2) is 0 Å². The molecule has 2 N–H and O–H groups in total. The van der Waals surface area contributed by atoms with Crippen molar-refractivity contribution >= 4 is 0 Å². The fourth-order valence-electron chi connectivity index (χ4n) is 4.30. The Morgan fingerprint density at radius 2 is 2.05 bits per heavy atom. The minimum Gasteiger partial charge on any atom is -0.389 e. The van der Waals surface area contributed by atoms with Crippen LogP contribution in [0.3, 0.4) is 0 Å². The van der Waals surface area contributed by atoms with Crippen molar-refractivity contribution in [3.8, 4) is 0 Å². The van der Waals surface area contributed by atoms with E-state index < -0.39 is 0 Å². The average Bonchev–Trinajstić information content (AvgIpc) is 2.48. The van der Waals surface area contributed by atoms with Gasteiger partial charge in [0.2, 0.25) is 0 Å². The predicted octanol–water partition coefficient (Wildman–Crippen LogP) is 3.46. The minimum absolute atomic E-state index is 0.384. The molecule has 1 aliphatic heterocycles. The largest absolute Gasteiger partial charge is 0.389 e. The third kappa shape index (κ3) is 2.77. The first kappa shape index (κ1) is 14.1. The number of aliphatic hydroxyl groups is 1. The summed E-state index contributed by atoms with van der Waals surface area (Å²) < 4.78 is 0. The molecule has 1 aromatic rings. The van der Waals surface area contributed by atoms with E-state index in [1.807, 2.05) is 0 Å². The van der Waals surface area contributed by atoms with Crippen LogP contribution < -0.4 is 5.32 Å². The molecular formula is C18H27NO. The van der Waals surface area contributed by atoms with Crippen LogP contribution >= 0.6 is 0 Å². The van der Waals surface area contributed by atoms with Crippen molar-refractivity contribution in [3.63, 3.8) is 0 Å². The molecule has 0 unspecified atom stereocenters. The van der Waals surface area contributed by atoms with Gasteiger partial charge in [0.1, 0.15) is 0 Å². The molecule has 0 amide bonds. The van der Waals surface area contributed by atoms with E-state index in [1.54, 1.807) is 0 Å². The summed E-state index contributed by atoms with van der Waals surface area (Å²) in [5.74, 6) is 1.01. The van der Waals surface area contributed by atoms with Gasteiger partial charge in [0, 0.05) is 12.0 Å². The number of fused-ring (bicyclic) bond motifs is 1. The minimum atomic E-state index is -0.384. The fourth-order valence-corrected chi connectivity index (χ4v) is 4.30. The van der Waals surface area contributed by atoms with E-state index >= 15 is 0 Å². The monoisotopic (exact) mass is 273 g/mol. The molecular weight excluding hydrogens is 246 g/mol. The van der Waals surface area contributed by atoms with Crippen molar-refractivity contribution in [1.82, 2.24) is 5.32 Å². The van der Waals surface area contributed by atoms with E-state index in [9.17, 15) is 5.11 Å². The van der Waals surface area contributed by atoms with Crippen molar-refractivity contribution in [2.24, 2.45) is 5.92 Å². The number of nitrogens with one attached hydrogen (secondary N) is 1. The van der Waals surface area contributed by atoms with Crippen LogP contribution in [-0.2, 0) is 0 Å². The number of hydrogen-bond acceptors (Lipinski definition) is 2. The van der Waals surface area contributed by atoms with Crippen molar-refractivity contribution < 1.29 is 5.11 Å². The van der Waals surface area contributed by atoms with E-state index in [0.29, 0.717) is 17.9 Å². The first-order valence-electron chi connectivity index (χ1n) is 8.20. The molecule has 1 heterocycles. The Labute approximate surface area is 122 Å². The molecule has 110 valence electrons. The molecule has 20 heavy (non-hydrogen) atoms. The number of benzene rings is 1. The van der Waals surface area contributed by atoms with Crippen LogP contribution in [0.2, 0.25) is 0 Å². The topological polar surface area (TPSA) is 32.3 Å². The number of hydrogen-bond donors (Lipinski definition) is 2. The van der Waals surface area contributed by atoms with E-state index in [-0.39, 0.29) is 5.60 Å². The van der Waals surface area contributed by atoms with E-state index in [4.69, 9.17) is 0 Å². The molecule has 0 aromatic heterocycles. The van der Waals surface area contributed by atoms with Gasteiger partial charge in [-0.3, -0.25) is 0 Å². The lowest BCUT2D eigenvalue weighted by Crippen LogP contribution is -2.57. The van der Waals surface area contributed by atoms with Crippen LogP contribution in [0.15, 0.2) is 30.3 Å². The van der Waals surface area contributed by atoms with Crippen LogP contribution in [0.4, 0.5) is 0 Å². The molecule has 3 rings (SSSR count). The number of piperidine rings is 1. The highest BCUT2D eigenvalue weighted by Gasteiger charge is 2.45. The van der Waals surface area contributed by atoms with Gasteiger partial charge >= 0.3 is 0 Å². The molecule has 2 aliphatic rings. The Hall–Kier alpha value is -0.860. The average molecular weight is 273 g/mol. The van der Waals surface area contributed by atoms with Crippen molar-refractivity contribution in [2.45, 2.75) is 63.0 Å². The first-order chi connectivity index (χ1) is 9.69.